The van der Waals surface area contributed by atoms with Crippen LogP contribution < -0.4 is 10.6 Å². The van der Waals surface area contributed by atoms with Crippen molar-refractivity contribution in [3.8, 4) is 0 Å². The van der Waals surface area contributed by atoms with E-state index in [-0.39, 0.29) is 11.9 Å². The average Bonchev–Trinajstić information content (AvgIpc) is 2.40. The molecule has 112 valence electrons. The number of rotatable bonds is 4. The zero-order valence-electron chi connectivity index (χ0n) is 12.8. The Bertz CT molecular complexity index is 439. The minimum atomic E-state index is -0.171. The van der Waals surface area contributed by atoms with E-state index in [0.717, 1.165) is 25.2 Å². The van der Waals surface area contributed by atoms with Gasteiger partial charge in [-0.15, -0.1) is 0 Å². The van der Waals surface area contributed by atoms with Crippen LogP contribution in [-0.2, 0) is 0 Å². The Labute approximate surface area is 121 Å². The van der Waals surface area contributed by atoms with Gasteiger partial charge in [-0.05, 0) is 57.5 Å². The number of likely N-dealkylation sites (tertiary alicyclic amines) is 1. The first kappa shape index (κ1) is 15.3. The van der Waals surface area contributed by atoms with Gasteiger partial charge < -0.3 is 15.5 Å². The van der Waals surface area contributed by atoms with Crippen molar-refractivity contribution in [1.82, 2.24) is 4.90 Å². The van der Waals surface area contributed by atoms with Crippen molar-refractivity contribution in [2.24, 2.45) is 11.7 Å². The maximum Gasteiger partial charge on any atom is 0.146 e. The largest absolute Gasteiger partial charge is 0.372 e. The van der Waals surface area contributed by atoms with Crippen LogP contribution in [0.4, 0.5) is 10.1 Å². The lowest BCUT2D eigenvalue weighted by Gasteiger charge is -2.33. The van der Waals surface area contributed by atoms with Crippen LogP contribution in [0.1, 0.15) is 31.4 Å². The van der Waals surface area contributed by atoms with Crippen LogP contribution in [0, 0.1) is 11.7 Å². The van der Waals surface area contributed by atoms with Crippen LogP contribution in [0.15, 0.2) is 18.2 Å². The van der Waals surface area contributed by atoms with Crippen LogP contribution in [0.3, 0.4) is 0 Å². The molecule has 1 heterocycles. The number of hydrogen-bond donors (Lipinski definition) is 1. The van der Waals surface area contributed by atoms with E-state index in [4.69, 9.17) is 5.73 Å². The molecule has 1 aromatic carbocycles. The van der Waals surface area contributed by atoms with Crippen molar-refractivity contribution in [2.75, 3.05) is 38.6 Å². The van der Waals surface area contributed by atoms with Gasteiger partial charge >= 0.3 is 0 Å². The second kappa shape index (κ2) is 6.55. The van der Waals surface area contributed by atoms with E-state index in [1.165, 1.54) is 18.9 Å². The van der Waals surface area contributed by atoms with Crippen LogP contribution in [0.2, 0.25) is 0 Å². The maximum atomic E-state index is 14.2. The molecule has 4 heteroatoms. The monoisotopic (exact) mass is 279 g/mol. The van der Waals surface area contributed by atoms with E-state index in [9.17, 15) is 4.39 Å². The summed E-state index contributed by atoms with van der Waals surface area (Å²) in [5.74, 6) is 0.465. The van der Waals surface area contributed by atoms with Crippen molar-refractivity contribution >= 4 is 5.69 Å². The summed E-state index contributed by atoms with van der Waals surface area (Å²) < 4.78 is 14.2. The van der Waals surface area contributed by atoms with Crippen molar-refractivity contribution in [1.29, 1.82) is 0 Å². The number of halogens is 1. The SMILES string of the molecule is CC(N)c1cccc(F)c1N(C)CC1CCN(C)CC1. The zero-order chi connectivity index (χ0) is 14.7. The number of nitrogens with two attached hydrogens (primary N) is 1. The quantitative estimate of drug-likeness (QED) is 0.919. The van der Waals surface area contributed by atoms with E-state index < -0.39 is 0 Å². The third-order valence-corrected chi connectivity index (χ3v) is 4.26. The van der Waals surface area contributed by atoms with Crippen molar-refractivity contribution in [3.05, 3.63) is 29.6 Å². The van der Waals surface area contributed by atoms with Crippen molar-refractivity contribution < 1.29 is 4.39 Å². The molecule has 1 unspecified atom stereocenters. The third-order valence-electron chi connectivity index (χ3n) is 4.26. The first-order valence-corrected chi connectivity index (χ1v) is 7.42. The molecule has 1 aromatic rings. The molecule has 3 nitrogen and oxygen atoms in total. The number of hydrogen-bond acceptors (Lipinski definition) is 3. The number of para-hydroxylation sites is 1. The van der Waals surface area contributed by atoms with E-state index in [0.29, 0.717) is 11.6 Å². The van der Waals surface area contributed by atoms with Crippen LogP contribution in [0.25, 0.3) is 0 Å². The topological polar surface area (TPSA) is 32.5 Å². The third kappa shape index (κ3) is 3.49. The highest BCUT2D eigenvalue weighted by Gasteiger charge is 2.21. The summed E-state index contributed by atoms with van der Waals surface area (Å²) in [5.41, 5.74) is 7.53. The lowest BCUT2D eigenvalue weighted by molar-refractivity contribution is 0.222. The molecule has 0 aromatic heterocycles. The standard InChI is InChI=1S/C16H26FN3/c1-12(18)14-5-4-6-15(17)16(14)20(3)11-13-7-9-19(2)10-8-13/h4-6,12-13H,7-11,18H2,1-3H3. The molecule has 0 spiro atoms. The molecule has 1 aliphatic rings. The molecule has 0 bridgehead atoms. The van der Waals surface area contributed by atoms with E-state index >= 15 is 0 Å². The fraction of sp³-hybridized carbons (Fsp3) is 0.625. The highest BCUT2D eigenvalue weighted by Crippen LogP contribution is 2.29. The molecular weight excluding hydrogens is 253 g/mol. The Morgan fingerprint density at radius 1 is 1.40 bits per heavy atom. The van der Waals surface area contributed by atoms with Gasteiger partial charge in [0.15, 0.2) is 0 Å². The molecule has 1 atom stereocenters. The summed E-state index contributed by atoms with van der Waals surface area (Å²) in [6.07, 6.45) is 2.37. The fourth-order valence-corrected chi connectivity index (χ4v) is 3.03. The van der Waals surface area contributed by atoms with Crippen LogP contribution in [0.5, 0.6) is 0 Å². The first-order valence-electron chi connectivity index (χ1n) is 7.42. The summed E-state index contributed by atoms with van der Waals surface area (Å²) in [4.78, 5) is 4.40. The Morgan fingerprint density at radius 2 is 2.05 bits per heavy atom. The fourth-order valence-electron chi connectivity index (χ4n) is 3.03. The van der Waals surface area contributed by atoms with Gasteiger partial charge in [0.25, 0.3) is 0 Å². The number of benzene rings is 1. The lowest BCUT2D eigenvalue weighted by Crippen LogP contribution is -2.36. The number of piperidine rings is 1. The second-order valence-electron chi connectivity index (χ2n) is 6.09. The Hall–Kier alpha value is -1.13. The van der Waals surface area contributed by atoms with Gasteiger partial charge in [0, 0.05) is 19.6 Å². The molecule has 0 aliphatic carbocycles. The zero-order valence-corrected chi connectivity index (χ0v) is 12.8. The Kier molecular flexibility index (Phi) is 5.00. The minimum absolute atomic E-state index is 0.152. The molecule has 1 saturated heterocycles. The van der Waals surface area contributed by atoms with E-state index in [1.54, 1.807) is 6.07 Å². The van der Waals surface area contributed by atoms with Crippen LogP contribution >= 0.6 is 0 Å². The van der Waals surface area contributed by atoms with Gasteiger partial charge in [0.05, 0.1) is 5.69 Å². The molecule has 20 heavy (non-hydrogen) atoms. The molecule has 1 fully saturated rings. The summed E-state index contributed by atoms with van der Waals surface area (Å²) in [6.45, 7) is 5.07. The molecular formula is C16H26FN3. The highest BCUT2D eigenvalue weighted by molar-refractivity contribution is 5.55. The van der Waals surface area contributed by atoms with Gasteiger partial charge in [-0.1, -0.05) is 12.1 Å². The van der Waals surface area contributed by atoms with Gasteiger partial charge in [-0.25, -0.2) is 4.39 Å². The summed E-state index contributed by atoms with van der Waals surface area (Å²) in [6, 6.07) is 5.03. The lowest BCUT2D eigenvalue weighted by atomic mass is 9.96. The Balaban J connectivity index is 2.11. The van der Waals surface area contributed by atoms with Gasteiger partial charge in [-0.2, -0.15) is 0 Å². The van der Waals surface area contributed by atoms with Crippen LogP contribution in [-0.4, -0.2) is 38.6 Å². The number of nitrogens with zero attached hydrogens (tertiary/aromatic N) is 2. The molecule has 2 rings (SSSR count). The summed E-state index contributed by atoms with van der Waals surface area (Å²) in [7, 11) is 4.13. The molecule has 2 N–H and O–H groups in total. The molecule has 0 radical (unpaired) electrons. The highest BCUT2D eigenvalue weighted by atomic mass is 19.1. The predicted molar refractivity (Wildman–Crippen MR) is 82.5 cm³/mol. The molecule has 0 saturated carbocycles. The first-order chi connectivity index (χ1) is 9.49. The molecule has 1 aliphatic heterocycles. The van der Waals surface area contributed by atoms with E-state index in [1.807, 2.05) is 24.9 Å². The van der Waals surface area contributed by atoms with Gasteiger partial charge in [-0.3, -0.25) is 0 Å². The van der Waals surface area contributed by atoms with Crippen molar-refractivity contribution in [2.45, 2.75) is 25.8 Å². The maximum absolute atomic E-state index is 14.2. The second-order valence-corrected chi connectivity index (χ2v) is 6.09. The van der Waals surface area contributed by atoms with Crippen molar-refractivity contribution in [3.63, 3.8) is 0 Å². The minimum Gasteiger partial charge on any atom is -0.372 e. The Morgan fingerprint density at radius 3 is 2.65 bits per heavy atom. The van der Waals surface area contributed by atoms with E-state index in [2.05, 4.69) is 11.9 Å². The van der Waals surface area contributed by atoms with Gasteiger partial charge in [0.2, 0.25) is 0 Å². The smallest absolute Gasteiger partial charge is 0.146 e. The normalized spacial score (nSPS) is 19.1. The summed E-state index contributed by atoms with van der Waals surface area (Å²) in [5, 5.41) is 0. The predicted octanol–water partition coefficient (Wildman–Crippen LogP) is 2.62. The summed E-state index contributed by atoms with van der Waals surface area (Å²) >= 11 is 0. The number of anilines is 1. The molecule has 0 amide bonds. The van der Waals surface area contributed by atoms with Gasteiger partial charge in [0.1, 0.15) is 5.82 Å². The average molecular weight is 279 g/mol.